The van der Waals surface area contributed by atoms with Gasteiger partial charge in [-0.1, -0.05) is 25.5 Å². The molecule has 2 N–H and O–H groups in total. The predicted molar refractivity (Wildman–Crippen MR) is 66.4 cm³/mol. The molecule has 0 saturated carbocycles. The Balaban J connectivity index is 2.73. The van der Waals surface area contributed by atoms with Gasteiger partial charge < -0.3 is 15.2 Å². The second-order valence-electron chi connectivity index (χ2n) is 4.20. The Hall–Kier alpha value is -1.76. The fourth-order valence-corrected chi connectivity index (χ4v) is 1.61. The Kier molecular flexibility index (Phi) is 5.82. The maximum absolute atomic E-state index is 12.2. The second kappa shape index (κ2) is 7.14. The summed E-state index contributed by atoms with van der Waals surface area (Å²) in [6.45, 7) is 1.85. The first-order chi connectivity index (χ1) is 9.33. The van der Waals surface area contributed by atoms with E-state index < -0.39 is 24.1 Å². The van der Waals surface area contributed by atoms with Crippen molar-refractivity contribution >= 4 is 5.91 Å². The van der Waals surface area contributed by atoms with Crippen molar-refractivity contribution in [3.8, 4) is 5.75 Å². The molecule has 0 aliphatic carbocycles. The lowest BCUT2D eigenvalue weighted by molar-refractivity contribution is -0.274. The number of hydrogen-bond acceptors (Lipinski definition) is 3. The maximum Gasteiger partial charge on any atom is 0.573 e. The molecule has 0 aliphatic heterocycles. The van der Waals surface area contributed by atoms with Crippen LogP contribution in [-0.2, 0) is 0 Å². The SMILES string of the molecule is CCCC(O)CNC(=O)c1ccccc1OC(F)(F)F. The lowest BCUT2D eigenvalue weighted by Crippen LogP contribution is -2.32. The minimum atomic E-state index is -4.86. The Labute approximate surface area is 114 Å². The van der Waals surface area contributed by atoms with Crippen molar-refractivity contribution in [2.24, 2.45) is 0 Å². The van der Waals surface area contributed by atoms with E-state index in [9.17, 15) is 23.1 Å². The summed E-state index contributed by atoms with van der Waals surface area (Å²) in [5.41, 5.74) is -0.228. The molecule has 1 rings (SSSR count). The molecule has 0 bridgehead atoms. The van der Waals surface area contributed by atoms with Crippen molar-refractivity contribution < 1.29 is 27.8 Å². The molecule has 4 nitrogen and oxygen atoms in total. The van der Waals surface area contributed by atoms with Gasteiger partial charge in [0.25, 0.3) is 5.91 Å². The van der Waals surface area contributed by atoms with Crippen LogP contribution in [0.4, 0.5) is 13.2 Å². The smallest absolute Gasteiger partial charge is 0.405 e. The summed E-state index contributed by atoms with van der Waals surface area (Å²) in [5.74, 6) is -1.29. The van der Waals surface area contributed by atoms with Crippen LogP contribution in [0.2, 0.25) is 0 Å². The van der Waals surface area contributed by atoms with Crippen LogP contribution in [0.1, 0.15) is 30.1 Å². The van der Waals surface area contributed by atoms with Gasteiger partial charge in [0, 0.05) is 6.54 Å². The highest BCUT2D eigenvalue weighted by atomic mass is 19.4. The number of benzene rings is 1. The number of halogens is 3. The number of aliphatic hydroxyl groups is 1. The molecule has 0 aromatic heterocycles. The normalized spacial score (nSPS) is 12.8. The van der Waals surface area contributed by atoms with Gasteiger partial charge in [-0.3, -0.25) is 4.79 Å². The van der Waals surface area contributed by atoms with Crippen LogP contribution in [0.5, 0.6) is 5.75 Å². The highest BCUT2D eigenvalue weighted by Crippen LogP contribution is 2.26. The van der Waals surface area contributed by atoms with E-state index in [-0.39, 0.29) is 12.1 Å². The van der Waals surface area contributed by atoms with E-state index in [1.807, 2.05) is 6.92 Å². The summed E-state index contributed by atoms with van der Waals surface area (Å²) >= 11 is 0. The topological polar surface area (TPSA) is 58.6 Å². The third kappa shape index (κ3) is 5.48. The summed E-state index contributed by atoms with van der Waals surface area (Å²) in [4.78, 5) is 11.8. The Bertz CT molecular complexity index is 449. The summed E-state index contributed by atoms with van der Waals surface area (Å²) in [6, 6.07) is 5.05. The zero-order chi connectivity index (χ0) is 15.2. The fourth-order valence-electron chi connectivity index (χ4n) is 1.61. The maximum atomic E-state index is 12.2. The number of carbonyl (C=O) groups excluding carboxylic acids is 1. The number of ether oxygens (including phenoxy) is 1. The molecule has 1 aromatic rings. The van der Waals surface area contributed by atoms with Crippen LogP contribution >= 0.6 is 0 Å². The number of nitrogens with one attached hydrogen (secondary N) is 1. The molecule has 1 unspecified atom stereocenters. The van der Waals surface area contributed by atoms with Gasteiger partial charge in [-0.25, -0.2) is 0 Å². The fraction of sp³-hybridized carbons (Fsp3) is 0.462. The minimum absolute atomic E-state index is 0.0208. The molecule has 0 spiro atoms. The number of aliphatic hydroxyl groups excluding tert-OH is 1. The molecule has 1 aromatic carbocycles. The Morgan fingerprint density at radius 3 is 2.65 bits per heavy atom. The molecule has 0 aliphatic rings. The molecule has 0 fully saturated rings. The van der Waals surface area contributed by atoms with Crippen LogP contribution in [0.25, 0.3) is 0 Å². The number of hydrogen-bond donors (Lipinski definition) is 2. The first-order valence-corrected chi connectivity index (χ1v) is 6.14. The minimum Gasteiger partial charge on any atom is -0.405 e. The van der Waals surface area contributed by atoms with E-state index >= 15 is 0 Å². The summed E-state index contributed by atoms with van der Waals surface area (Å²) in [6.07, 6.45) is -4.34. The Morgan fingerprint density at radius 2 is 2.05 bits per heavy atom. The summed E-state index contributed by atoms with van der Waals surface area (Å²) in [7, 11) is 0. The third-order valence-electron chi connectivity index (χ3n) is 2.48. The third-order valence-corrected chi connectivity index (χ3v) is 2.48. The van der Waals surface area contributed by atoms with E-state index in [4.69, 9.17) is 0 Å². The van der Waals surface area contributed by atoms with E-state index in [1.54, 1.807) is 0 Å². The number of para-hydroxylation sites is 1. The standard InChI is InChI=1S/C13H16F3NO3/c1-2-5-9(18)8-17-12(19)10-6-3-4-7-11(10)20-13(14,15)16/h3-4,6-7,9,18H,2,5,8H2,1H3,(H,17,19). The van der Waals surface area contributed by atoms with E-state index in [0.29, 0.717) is 6.42 Å². The van der Waals surface area contributed by atoms with Gasteiger partial charge in [-0.05, 0) is 18.6 Å². The highest BCUT2D eigenvalue weighted by molar-refractivity contribution is 5.96. The van der Waals surface area contributed by atoms with E-state index in [2.05, 4.69) is 10.1 Å². The van der Waals surface area contributed by atoms with Gasteiger partial charge in [0.1, 0.15) is 5.75 Å². The number of rotatable bonds is 6. The largest absolute Gasteiger partial charge is 0.573 e. The molecular formula is C13H16F3NO3. The van der Waals surface area contributed by atoms with E-state index in [1.165, 1.54) is 18.2 Å². The molecule has 0 radical (unpaired) electrons. The van der Waals surface area contributed by atoms with Crippen LogP contribution in [0.15, 0.2) is 24.3 Å². The number of alkyl halides is 3. The van der Waals surface area contributed by atoms with Crippen molar-refractivity contribution in [3.63, 3.8) is 0 Å². The number of carbonyl (C=O) groups is 1. The summed E-state index contributed by atoms with van der Waals surface area (Å²) in [5, 5.41) is 11.8. The van der Waals surface area contributed by atoms with Crippen LogP contribution in [-0.4, -0.2) is 30.0 Å². The van der Waals surface area contributed by atoms with Crippen molar-refractivity contribution in [2.75, 3.05) is 6.54 Å². The van der Waals surface area contributed by atoms with Gasteiger partial charge >= 0.3 is 6.36 Å². The summed E-state index contributed by atoms with van der Waals surface area (Å²) < 4.78 is 40.4. The van der Waals surface area contributed by atoms with Crippen LogP contribution in [0.3, 0.4) is 0 Å². The second-order valence-corrected chi connectivity index (χ2v) is 4.20. The molecule has 112 valence electrons. The van der Waals surface area contributed by atoms with Gasteiger partial charge in [0.2, 0.25) is 0 Å². The molecule has 7 heteroatoms. The van der Waals surface area contributed by atoms with Crippen molar-refractivity contribution in [1.29, 1.82) is 0 Å². The van der Waals surface area contributed by atoms with Gasteiger partial charge in [0.05, 0.1) is 11.7 Å². The van der Waals surface area contributed by atoms with E-state index in [0.717, 1.165) is 12.5 Å². The zero-order valence-electron chi connectivity index (χ0n) is 10.9. The lowest BCUT2D eigenvalue weighted by atomic mass is 10.1. The predicted octanol–water partition coefficient (Wildman–Crippen LogP) is 2.48. The zero-order valence-corrected chi connectivity index (χ0v) is 10.9. The average molecular weight is 291 g/mol. The molecule has 1 amide bonds. The molecular weight excluding hydrogens is 275 g/mol. The molecule has 20 heavy (non-hydrogen) atoms. The monoisotopic (exact) mass is 291 g/mol. The van der Waals surface area contributed by atoms with Crippen LogP contribution in [0, 0.1) is 0 Å². The molecule has 0 heterocycles. The molecule has 0 saturated heterocycles. The van der Waals surface area contributed by atoms with Gasteiger partial charge in [0.15, 0.2) is 0 Å². The van der Waals surface area contributed by atoms with Gasteiger partial charge in [-0.15, -0.1) is 13.2 Å². The highest BCUT2D eigenvalue weighted by Gasteiger charge is 2.32. The van der Waals surface area contributed by atoms with Crippen molar-refractivity contribution in [1.82, 2.24) is 5.32 Å². The number of amides is 1. The first-order valence-electron chi connectivity index (χ1n) is 6.14. The lowest BCUT2D eigenvalue weighted by Gasteiger charge is -2.14. The van der Waals surface area contributed by atoms with Crippen molar-refractivity contribution in [2.45, 2.75) is 32.2 Å². The molecule has 1 atom stereocenters. The van der Waals surface area contributed by atoms with Crippen LogP contribution < -0.4 is 10.1 Å². The first kappa shape index (κ1) is 16.3. The quantitative estimate of drug-likeness (QED) is 0.846. The van der Waals surface area contributed by atoms with Gasteiger partial charge in [-0.2, -0.15) is 0 Å². The average Bonchev–Trinajstić information content (AvgIpc) is 2.35. The van der Waals surface area contributed by atoms with Crippen molar-refractivity contribution in [3.05, 3.63) is 29.8 Å². The Morgan fingerprint density at radius 1 is 1.40 bits per heavy atom.